The molecule has 0 aromatic heterocycles. The van der Waals surface area contributed by atoms with Gasteiger partial charge >= 0.3 is 12.1 Å². The average molecular weight is 450 g/mol. The van der Waals surface area contributed by atoms with Crippen LogP contribution < -0.4 is 10.6 Å². The highest BCUT2D eigenvalue weighted by Gasteiger charge is 2.39. The summed E-state index contributed by atoms with van der Waals surface area (Å²) in [6.07, 6.45) is 12.0. The van der Waals surface area contributed by atoms with Crippen LogP contribution in [0.4, 0.5) is 4.79 Å². The maximum atomic E-state index is 13.3. The van der Waals surface area contributed by atoms with Gasteiger partial charge in [-0.3, -0.25) is 9.59 Å². The summed E-state index contributed by atoms with van der Waals surface area (Å²) in [7, 11) is 0. The smallest absolute Gasteiger partial charge is 0.408 e. The molecule has 3 amide bonds. The van der Waals surface area contributed by atoms with Gasteiger partial charge in [0, 0.05) is 6.54 Å². The minimum atomic E-state index is -1.10. The van der Waals surface area contributed by atoms with Crippen LogP contribution in [-0.2, 0) is 19.1 Å². The zero-order valence-electron chi connectivity index (χ0n) is 18.6. The van der Waals surface area contributed by atoms with Crippen LogP contribution in [-0.4, -0.2) is 64.7 Å². The number of amides is 3. The SMILES string of the molecule is O=C(N[C@H]1CCCCC/C=C\CC(C(=O)O)NC(=O)C2CCCN2C1=O)OC1CCCC1. The zero-order valence-corrected chi connectivity index (χ0v) is 18.6. The van der Waals surface area contributed by atoms with Gasteiger partial charge in [-0.25, -0.2) is 9.59 Å². The largest absolute Gasteiger partial charge is 0.480 e. The third-order valence-electron chi connectivity index (χ3n) is 6.52. The molecule has 2 unspecified atom stereocenters. The van der Waals surface area contributed by atoms with Crippen LogP contribution >= 0.6 is 0 Å². The molecule has 1 saturated carbocycles. The van der Waals surface area contributed by atoms with Gasteiger partial charge in [0.25, 0.3) is 0 Å². The molecule has 3 rings (SSSR count). The molecule has 9 nitrogen and oxygen atoms in total. The number of alkyl carbamates (subject to hydrolysis) is 1. The first-order valence-corrected chi connectivity index (χ1v) is 11.9. The maximum absolute atomic E-state index is 13.3. The number of nitrogens with one attached hydrogen (secondary N) is 2. The summed E-state index contributed by atoms with van der Waals surface area (Å²) in [5, 5.41) is 14.8. The molecule has 2 aliphatic heterocycles. The van der Waals surface area contributed by atoms with Crippen molar-refractivity contribution in [3.8, 4) is 0 Å². The minimum Gasteiger partial charge on any atom is -0.480 e. The van der Waals surface area contributed by atoms with Crippen LogP contribution in [0.3, 0.4) is 0 Å². The highest BCUT2D eigenvalue weighted by atomic mass is 16.6. The number of carboxylic acids is 1. The standard InChI is InChI=1S/C23H35N3O6/c27-20-19-14-9-15-26(19)21(28)17(25-23(31)32-16-10-7-8-11-16)12-5-3-1-2-4-6-13-18(24-20)22(29)30/h4,6,16-19H,1-3,5,7-15H2,(H,24,27)(H,25,31)(H,29,30)/b6-4-/t17-,18?,19?/m0/s1. The molecule has 3 atom stereocenters. The van der Waals surface area contributed by atoms with E-state index in [-0.39, 0.29) is 18.4 Å². The molecule has 32 heavy (non-hydrogen) atoms. The van der Waals surface area contributed by atoms with Crippen molar-refractivity contribution < 1.29 is 29.0 Å². The Kier molecular flexibility index (Phi) is 8.93. The van der Waals surface area contributed by atoms with Gasteiger partial charge in [0.15, 0.2) is 0 Å². The van der Waals surface area contributed by atoms with E-state index in [1.807, 2.05) is 6.08 Å². The molecule has 0 spiro atoms. The molecular weight excluding hydrogens is 414 g/mol. The van der Waals surface area contributed by atoms with Crippen molar-refractivity contribution in [3.63, 3.8) is 0 Å². The Morgan fingerprint density at radius 1 is 1.00 bits per heavy atom. The molecule has 9 heteroatoms. The van der Waals surface area contributed by atoms with E-state index in [2.05, 4.69) is 10.6 Å². The van der Waals surface area contributed by atoms with Crippen molar-refractivity contribution >= 4 is 23.9 Å². The first-order chi connectivity index (χ1) is 15.5. The van der Waals surface area contributed by atoms with Gasteiger partial charge in [-0.15, -0.1) is 0 Å². The second-order valence-corrected chi connectivity index (χ2v) is 8.94. The summed E-state index contributed by atoms with van der Waals surface area (Å²) in [6, 6.07) is -2.52. The Hall–Kier alpha value is -2.58. The maximum Gasteiger partial charge on any atom is 0.408 e. The Morgan fingerprint density at radius 2 is 1.75 bits per heavy atom. The van der Waals surface area contributed by atoms with E-state index >= 15 is 0 Å². The monoisotopic (exact) mass is 449 g/mol. The fourth-order valence-electron chi connectivity index (χ4n) is 4.72. The third kappa shape index (κ3) is 6.71. The van der Waals surface area contributed by atoms with E-state index in [0.29, 0.717) is 25.8 Å². The Bertz CT molecular complexity index is 719. The van der Waals surface area contributed by atoms with E-state index in [9.17, 15) is 24.3 Å². The number of rotatable bonds is 3. The van der Waals surface area contributed by atoms with Crippen LogP contribution in [0.1, 0.15) is 77.0 Å². The molecule has 2 heterocycles. The molecular formula is C23H35N3O6. The van der Waals surface area contributed by atoms with E-state index < -0.39 is 36.1 Å². The number of carboxylic acid groups (broad SMARTS) is 1. The quantitative estimate of drug-likeness (QED) is 0.569. The summed E-state index contributed by atoms with van der Waals surface area (Å²) in [5.41, 5.74) is 0. The van der Waals surface area contributed by atoms with E-state index in [0.717, 1.165) is 51.4 Å². The highest BCUT2D eigenvalue weighted by Crippen LogP contribution is 2.23. The Labute approximate surface area is 188 Å². The van der Waals surface area contributed by atoms with Crippen LogP contribution in [0.25, 0.3) is 0 Å². The van der Waals surface area contributed by atoms with Crippen molar-refractivity contribution in [2.75, 3.05) is 6.54 Å². The normalized spacial score (nSPS) is 29.4. The first kappa shape index (κ1) is 24.1. The fraction of sp³-hybridized carbons (Fsp3) is 0.739. The van der Waals surface area contributed by atoms with E-state index in [4.69, 9.17) is 4.74 Å². The Morgan fingerprint density at radius 3 is 2.50 bits per heavy atom. The van der Waals surface area contributed by atoms with Gasteiger partial charge < -0.3 is 25.4 Å². The number of carbonyl (C=O) groups is 4. The van der Waals surface area contributed by atoms with Crippen molar-refractivity contribution in [3.05, 3.63) is 12.2 Å². The number of fused-ring (bicyclic) bond motifs is 1. The zero-order chi connectivity index (χ0) is 22.9. The number of allylic oxidation sites excluding steroid dienone is 1. The van der Waals surface area contributed by atoms with Crippen LogP contribution in [0.2, 0.25) is 0 Å². The predicted octanol–water partition coefficient (Wildman–Crippen LogP) is 2.49. The lowest BCUT2D eigenvalue weighted by Crippen LogP contribution is -2.55. The number of hydrogen-bond acceptors (Lipinski definition) is 5. The number of hydrogen-bond donors (Lipinski definition) is 3. The van der Waals surface area contributed by atoms with Crippen LogP contribution in [0.5, 0.6) is 0 Å². The van der Waals surface area contributed by atoms with Gasteiger partial charge in [0.1, 0.15) is 24.2 Å². The average Bonchev–Trinajstić information content (AvgIpc) is 3.44. The second kappa shape index (κ2) is 11.9. The number of nitrogens with zero attached hydrogens (tertiary/aromatic N) is 1. The molecule has 3 aliphatic rings. The molecule has 0 radical (unpaired) electrons. The molecule has 178 valence electrons. The molecule has 1 aliphatic carbocycles. The van der Waals surface area contributed by atoms with E-state index in [1.165, 1.54) is 4.90 Å². The van der Waals surface area contributed by atoms with Gasteiger partial charge in [-0.2, -0.15) is 0 Å². The highest BCUT2D eigenvalue weighted by molar-refractivity contribution is 5.93. The van der Waals surface area contributed by atoms with E-state index in [1.54, 1.807) is 6.08 Å². The fourth-order valence-corrected chi connectivity index (χ4v) is 4.72. The third-order valence-corrected chi connectivity index (χ3v) is 6.52. The summed E-state index contributed by atoms with van der Waals surface area (Å²) in [5.74, 6) is -1.86. The summed E-state index contributed by atoms with van der Waals surface area (Å²) >= 11 is 0. The second-order valence-electron chi connectivity index (χ2n) is 8.94. The van der Waals surface area contributed by atoms with Crippen molar-refractivity contribution in [1.29, 1.82) is 0 Å². The number of aliphatic carboxylic acids is 1. The summed E-state index contributed by atoms with van der Waals surface area (Å²) in [4.78, 5) is 51.7. The van der Waals surface area contributed by atoms with Gasteiger partial charge in [0.05, 0.1) is 0 Å². The summed E-state index contributed by atoms with van der Waals surface area (Å²) < 4.78 is 5.49. The number of ether oxygens (including phenoxy) is 1. The lowest BCUT2D eigenvalue weighted by molar-refractivity contribution is -0.144. The van der Waals surface area contributed by atoms with Gasteiger partial charge in [0.2, 0.25) is 11.8 Å². The topological polar surface area (TPSA) is 125 Å². The molecule has 0 aromatic rings. The van der Waals surface area contributed by atoms with Crippen molar-refractivity contribution in [2.24, 2.45) is 0 Å². The molecule has 2 fully saturated rings. The van der Waals surface area contributed by atoms with Gasteiger partial charge in [-0.05, 0) is 64.2 Å². The number of carbonyl (C=O) groups excluding carboxylic acids is 3. The van der Waals surface area contributed by atoms with Gasteiger partial charge in [-0.1, -0.05) is 25.0 Å². The molecule has 0 aromatic carbocycles. The molecule has 0 bridgehead atoms. The lowest BCUT2D eigenvalue weighted by atomic mass is 10.1. The van der Waals surface area contributed by atoms with Crippen LogP contribution in [0, 0.1) is 0 Å². The van der Waals surface area contributed by atoms with Crippen LogP contribution in [0.15, 0.2) is 12.2 Å². The first-order valence-electron chi connectivity index (χ1n) is 11.9. The van der Waals surface area contributed by atoms with Crippen molar-refractivity contribution in [2.45, 2.75) is 101 Å². The predicted molar refractivity (Wildman–Crippen MR) is 117 cm³/mol. The Balaban J connectivity index is 1.72. The van der Waals surface area contributed by atoms with Crippen molar-refractivity contribution in [1.82, 2.24) is 15.5 Å². The summed E-state index contributed by atoms with van der Waals surface area (Å²) in [6.45, 7) is 0.407. The molecule has 1 saturated heterocycles. The molecule has 3 N–H and O–H groups in total. The lowest BCUT2D eigenvalue weighted by Gasteiger charge is -2.29. The minimum absolute atomic E-state index is 0.0996.